The molecule has 96 valence electrons. The molecule has 0 rings (SSSR count). The van der Waals surface area contributed by atoms with Crippen LogP contribution in [0.4, 0.5) is 0 Å². The molecule has 2 unspecified atom stereocenters. The number of ether oxygens (including phenoxy) is 1. The average molecular weight is 291 g/mol. The fraction of sp³-hybridized carbons (Fsp3) is 0.714. The minimum absolute atomic E-state index is 0. The van der Waals surface area contributed by atoms with Gasteiger partial charge < -0.3 is 21.3 Å². The average Bonchev–Trinajstić information content (AvgIpc) is 2.22. The Morgan fingerprint density at radius 3 is 2.06 bits per heavy atom. The van der Waals surface area contributed by atoms with Crippen molar-refractivity contribution in [2.45, 2.75) is 12.1 Å². The lowest BCUT2D eigenvalue weighted by atomic mass is 10.4. The van der Waals surface area contributed by atoms with Crippen molar-refractivity contribution >= 4 is 45.9 Å². The summed E-state index contributed by atoms with van der Waals surface area (Å²) in [6.07, 6.45) is 0. The lowest BCUT2D eigenvalue weighted by Gasteiger charge is -2.09. The third kappa shape index (κ3) is 8.05. The third-order valence-corrected chi connectivity index (χ3v) is 3.87. The molecule has 0 aromatic carbocycles. The van der Waals surface area contributed by atoms with Gasteiger partial charge in [-0.1, -0.05) is 21.6 Å². The van der Waals surface area contributed by atoms with Gasteiger partial charge >= 0.3 is 11.9 Å². The first-order chi connectivity index (χ1) is 6.99. The monoisotopic (exact) mass is 290 g/mol. The molecule has 0 aliphatic heterocycles. The number of aliphatic carboxylic acids is 1. The van der Waals surface area contributed by atoms with Crippen molar-refractivity contribution in [1.82, 2.24) is 0 Å². The smallest absolute Gasteiger partial charge is 0.323 e. The zero-order chi connectivity index (χ0) is 11.8. The van der Waals surface area contributed by atoms with Crippen LogP contribution in [0.25, 0.3) is 0 Å². The zero-order valence-electron chi connectivity index (χ0n) is 8.62. The molecular formula is C7H15ClN2O4S2. The Kier molecular flexibility index (Phi) is 11.4. The van der Waals surface area contributed by atoms with Crippen LogP contribution in [-0.4, -0.2) is 47.7 Å². The van der Waals surface area contributed by atoms with Crippen LogP contribution in [0.3, 0.4) is 0 Å². The number of hydrogen-bond donors (Lipinski definition) is 3. The van der Waals surface area contributed by atoms with Crippen molar-refractivity contribution < 1.29 is 19.4 Å². The van der Waals surface area contributed by atoms with E-state index in [9.17, 15) is 9.59 Å². The van der Waals surface area contributed by atoms with E-state index >= 15 is 0 Å². The molecule has 0 aliphatic rings. The lowest BCUT2D eigenvalue weighted by molar-refractivity contribution is -0.141. The molecule has 0 amide bonds. The number of methoxy groups -OCH3 is 1. The zero-order valence-corrected chi connectivity index (χ0v) is 11.1. The molecule has 0 aromatic heterocycles. The highest BCUT2D eigenvalue weighted by atomic mass is 35.5. The summed E-state index contributed by atoms with van der Waals surface area (Å²) in [5.41, 5.74) is 10.7. The fourth-order valence-electron chi connectivity index (χ4n) is 0.534. The van der Waals surface area contributed by atoms with E-state index in [1.165, 1.54) is 28.7 Å². The molecule has 0 saturated heterocycles. The summed E-state index contributed by atoms with van der Waals surface area (Å²) in [4.78, 5) is 21.2. The van der Waals surface area contributed by atoms with E-state index < -0.39 is 24.0 Å². The molecule has 5 N–H and O–H groups in total. The van der Waals surface area contributed by atoms with Gasteiger partial charge in [-0.05, 0) is 0 Å². The highest BCUT2D eigenvalue weighted by molar-refractivity contribution is 8.76. The Balaban J connectivity index is 0. The Labute approximate surface area is 108 Å². The first-order valence-corrected chi connectivity index (χ1v) is 6.54. The lowest BCUT2D eigenvalue weighted by Crippen LogP contribution is -2.34. The maximum atomic E-state index is 10.9. The van der Waals surface area contributed by atoms with Crippen LogP contribution < -0.4 is 11.5 Å². The van der Waals surface area contributed by atoms with Crippen molar-refractivity contribution in [3.05, 3.63) is 0 Å². The van der Waals surface area contributed by atoms with Gasteiger partial charge in [-0.15, -0.1) is 12.4 Å². The van der Waals surface area contributed by atoms with E-state index in [0.29, 0.717) is 5.75 Å². The standard InChI is InChI=1S/C7H14N2O4S2.ClH/c1-13-7(12)5(9)3-15-14-2-4(8)6(10)11;/h4-5H,2-3,8-9H2,1H3,(H,10,11);1H. The van der Waals surface area contributed by atoms with E-state index in [2.05, 4.69) is 4.74 Å². The van der Waals surface area contributed by atoms with Crippen LogP contribution in [0, 0.1) is 0 Å². The quantitative estimate of drug-likeness (QED) is 0.332. The first-order valence-electron chi connectivity index (χ1n) is 4.05. The molecule has 2 atom stereocenters. The highest BCUT2D eigenvalue weighted by Crippen LogP contribution is 2.22. The molecule has 0 radical (unpaired) electrons. The summed E-state index contributed by atoms with van der Waals surface area (Å²) in [6.45, 7) is 0. The molecule has 0 aromatic rings. The van der Waals surface area contributed by atoms with Gasteiger partial charge in [0.15, 0.2) is 0 Å². The predicted octanol–water partition coefficient (Wildman–Crippen LogP) is -0.298. The SMILES string of the molecule is COC(=O)C(N)CSSCC(N)C(=O)O.Cl. The normalized spacial score (nSPS) is 13.4. The van der Waals surface area contributed by atoms with Gasteiger partial charge in [0.1, 0.15) is 12.1 Å². The topological polar surface area (TPSA) is 116 Å². The van der Waals surface area contributed by atoms with Crippen LogP contribution in [-0.2, 0) is 14.3 Å². The van der Waals surface area contributed by atoms with Crippen molar-refractivity contribution in [1.29, 1.82) is 0 Å². The molecule has 6 nitrogen and oxygen atoms in total. The van der Waals surface area contributed by atoms with Gasteiger partial charge in [0.05, 0.1) is 7.11 Å². The second-order valence-electron chi connectivity index (χ2n) is 2.64. The molecule has 9 heteroatoms. The molecule has 0 bridgehead atoms. The second-order valence-corrected chi connectivity index (χ2v) is 5.20. The maximum absolute atomic E-state index is 10.9. The highest BCUT2D eigenvalue weighted by Gasteiger charge is 2.15. The minimum Gasteiger partial charge on any atom is -0.480 e. The number of carbonyl (C=O) groups is 2. The second kappa shape index (κ2) is 10.0. The summed E-state index contributed by atoms with van der Waals surface area (Å²) in [7, 11) is 3.83. The summed E-state index contributed by atoms with van der Waals surface area (Å²) in [6, 6.07) is -1.58. The van der Waals surface area contributed by atoms with Crippen molar-refractivity contribution in [3.63, 3.8) is 0 Å². The largest absolute Gasteiger partial charge is 0.480 e. The molecule has 0 fully saturated rings. The summed E-state index contributed by atoms with van der Waals surface area (Å²) >= 11 is 0. The summed E-state index contributed by atoms with van der Waals surface area (Å²) < 4.78 is 4.42. The Morgan fingerprint density at radius 1 is 1.25 bits per heavy atom. The number of hydrogen-bond acceptors (Lipinski definition) is 7. The summed E-state index contributed by atoms with van der Waals surface area (Å²) in [5, 5.41) is 8.47. The third-order valence-electron chi connectivity index (χ3n) is 1.40. The fourth-order valence-corrected chi connectivity index (χ4v) is 2.75. The van der Waals surface area contributed by atoms with Crippen LogP contribution in [0.5, 0.6) is 0 Å². The molecular weight excluding hydrogens is 276 g/mol. The molecule has 0 aliphatic carbocycles. The van der Waals surface area contributed by atoms with Crippen LogP contribution in [0.15, 0.2) is 0 Å². The number of esters is 1. The minimum atomic E-state index is -1.04. The number of nitrogens with two attached hydrogens (primary N) is 2. The van der Waals surface area contributed by atoms with E-state index in [0.717, 1.165) is 0 Å². The van der Waals surface area contributed by atoms with Gasteiger partial charge in [0.25, 0.3) is 0 Å². The Bertz CT molecular complexity index is 232. The predicted molar refractivity (Wildman–Crippen MR) is 67.8 cm³/mol. The molecule has 16 heavy (non-hydrogen) atoms. The van der Waals surface area contributed by atoms with E-state index in [1.54, 1.807) is 0 Å². The van der Waals surface area contributed by atoms with Crippen molar-refractivity contribution in [2.75, 3.05) is 18.6 Å². The van der Waals surface area contributed by atoms with Crippen LogP contribution >= 0.6 is 34.0 Å². The maximum Gasteiger partial charge on any atom is 0.323 e. The number of carbonyl (C=O) groups excluding carboxylic acids is 1. The van der Waals surface area contributed by atoms with Gasteiger partial charge in [0, 0.05) is 11.5 Å². The number of carboxylic acid groups (broad SMARTS) is 1. The van der Waals surface area contributed by atoms with Gasteiger partial charge in [-0.3, -0.25) is 9.59 Å². The number of halogens is 1. The van der Waals surface area contributed by atoms with Crippen LogP contribution in [0.2, 0.25) is 0 Å². The van der Waals surface area contributed by atoms with E-state index in [1.807, 2.05) is 0 Å². The Hall–Kier alpha value is -0.150. The van der Waals surface area contributed by atoms with Gasteiger partial charge in [-0.25, -0.2) is 0 Å². The first kappa shape index (κ1) is 18.2. The summed E-state index contributed by atoms with van der Waals surface area (Å²) in [5.74, 6) is -0.886. The van der Waals surface area contributed by atoms with E-state index in [4.69, 9.17) is 16.6 Å². The molecule has 0 spiro atoms. The molecule has 0 heterocycles. The van der Waals surface area contributed by atoms with Gasteiger partial charge in [-0.2, -0.15) is 0 Å². The molecule has 0 saturated carbocycles. The Morgan fingerprint density at radius 2 is 1.69 bits per heavy atom. The van der Waals surface area contributed by atoms with Crippen molar-refractivity contribution in [2.24, 2.45) is 11.5 Å². The van der Waals surface area contributed by atoms with E-state index in [-0.39, 0.29) is 18.2 Å². The number of rotatable bonds is 7. The van der Waals surface area contributed by atoms with Crippen molar-refractivity contribution in [3.8, 4) is 0 Å². The van der Waals surface area contributed by atoms with Gasteiger partial charge in [0.2, 0.25) is 0 Å². The number of carboxylic acids is 1. The van der Waals surface area contributed by atoms with Crippen LogP contribution in [0.1, 0.15) is 0 Å².